The number of anilines is 1. The number of nitrogens with zero attached hydrogens (tertiary/aromatic N) is 4. The summed E-state index contributed by atoms with van der Waals surface area (Å²) < 4.78 is 17.2. The van der Waals surface area contributed by atoms with E-state index in [0.29, 0.717) is 17.6 Å². The molecule has 1 fully saturated rings. The molecule has 13 heteroatoms. The Morgan fingerprint density at radius 2 is 2.03 bits per heavy atom. The number of fused-ring (bicyclic) bond motifs is 1. The summed E-state index contributed by atoms with van der Waals surface area (Å²) in [6.45, 7) is 5.14. The number of alkyl carbamates (subject to hydrolysis) is 1. The van der Waals surface area contributed by atoms with Crippen LogP contribution in [0, 0.1) is 0 Å². The average Bonchev–Trinajstić information content (AvgIpc) is 3.31. The normalized spacial score (nSPS) is 23.8. The van der Waals surface area contributed by atoms with Gasteiger partial charge in [-0.25, -0.2) is 24.5 Å². The van der Waals surface area contributed by atoms with E-state index in [9.17, 15) is 19.8 Å². The maximum Gasteiger partial charge on any atom is 0.408 e. The highest BCUT2D eigenvalue weighted by Crippen LogP contribution is 2.32. The van der Waals surface area contributed by atoms with Gasteiger partial charge in [0.1, 0.15) is 41.8 Å². The summed E-state index contributed by atoms with van der Waals surface area (Å²) in [5.41, 5.74) is 5.81. The molecule has 1 aliphatic rings. The van der Waals surface area contributed by atoms with E-state index in [2.05, 4.69) is 20.3 Å². The Bertz CT molecular complexity index is 1050. The van der Waals surface area contributed by atoms with Gasteiger partial charge in [0.05, 0.1) is 13.4 Å². The predicted molar refractivity (Wildman–Crippen MR) is 119 cm³/mol. The lowest BCUT2D eigenvalue weighted by atomic mass is 10.1. The summed E-state index contributed by atoms with van der Waals surface area (Å²) in [5.74, 6) is -0.423. The number of hydrogen-bond acceptors (Lipinski definition) is 11. The Labute approximate surface area is 195 Å². The Hall–Kier alpha value is -3.29. The molecule has 1 amide bonds. The zero-order chi connectivity index (χ0) is 25.0. The maximum atomic E-state index is 12.0. The second-order valence-electron chi connectivity index (χ2n) is 8.78. The predicted octanol–water partition coefficient (Wildman–Crippen LogP) is 0.430. The van der Waals surface area contributed by atoms with Crippen molar-refractivity contribution < 1.29 is 34.0 Å². The van der Waals surface area contributed by atoms with Gasteiger partial charge in [0.15, 0.2) is 17.7 Å². The molecule has 186 valence electrons. The number of nitrogens with two attached hydrogens (primary N) is 1. The van der Waals surface area contributed by atoms with Crippen molar-refractivity contribution in [3.63, 3.8) is 0 Å². The number of methoxy groups -OCH3 is 1. The van der Waals surface area contributed by atoms with Crippen LogP contribution in [-0.2, 0) is 19.0 Å². The molecular weight excluding hydrogens is 448 g/mol. The number of rotatable bonds is 7. The van der Waals surface area contributed by atoms with Crippen molar-refractivity contribution >= 4 is 29.0 Å². The first-order valence-electron chi connectivity index (χ1n) is 10.7. The molecule has 0 saturated carbocycles. The topological polar surface area (TPSA) is 184 Å². The molecule has 2 aromatic rings. The number of carbonyl (C=O) groups excluding carboxylic acids is 2. The summed E-state index contributed by atoms with van der Waals surface area (Å²) in [4.78, 5) is 36.2. The highest BCUT2D eigenvalue weighted by molar-refractivity contribution is 5.81. The number of imidazole rings is 1. The van der Waals surface area contributed by atoms with E-state index in [1.54, 1.807) is 32.9 Å². The van der Waals surface area contributed by atoms with Crippen molar-refractivity contribution in [2.75, 3.05) is 12.8 Å². The van der Waals surface area contributed by atoms with Crippen molar-refractivity contribution in [2.24, 2.45) is 0 Å². The van der Waals surface area contributed by atoms with Crippen molar-refractivity contribution in [1.29, 1.82) is 0 Å². The van der Waals surface area contributed by atoms with E-state index in [1.807, 2.05) is 0 Å². The molecule has 13 nitrogen and oxygen atoms in total. The van der Waals surface area contributed by atoms with Crippen LogP contribution in [0.3, 0.4) is 0 Å². The van der Waals surface area contributed by atoms with E-state index >= 15 is 0 Å². The number of allylic oxidation sites excluding steroid dienone is 1. The van der Waals surface area contributed by atoms with Gasteiger partial charge in [-0.1, -0.05) is 12.2 Å². The van der Waals surface area contributed by atoms with Crippen LogP contribution < -0.4 is 11.1 Å². The van der Waals surface area contributed by atoms with Gasteiger partial charge in [-0.15, -0.1) is 0 Å². The molecule has 0 spiro atoms. The number of aromatic nitrogens is 4. The molecule has 3 heterocycles. The van der Waals surface area contributed by atoms with Crippen LogP contribution >= 0.6 is 0 Å². The lowest BCUT2D eigenvalue weighted by Crippen LogP contribution is -2.43. The van der Waals surface area contributed by atoms with Gasteiger partial charge in [-0.3, -0.25) is 4.57 Å². The molecule has 0 unspecified atom stereocenters. The van der Waals surface area contributed by atoms with E-state index in [0.717, 1.165) is 0 Å². The summed E-state index contributed by atoms with van der Waals surface area (Å²) in [7, 11) is 1.23. The van der Waals surface area contributed by atoms with E-state index in [4.69, 9.17) is 19.9 Å². The van der Waals surface area contributed by atoms with Gasteiger partial charge in [-0.05, 0) is 33.6 Å². The number of hydrogen-bond donors (Lipinski definition) is 4. The summed E-state index contributed by atoms with van der Waals surface area (Å²) in [5, 5.41) is 23.5. The molecule has 0 aromatic carbocycles. The number of nitrogen functional groups attached to an aromatic ring is 1. The fraction of sp³-hybridized carbons (Fsp3) is 0.571. The van der Waals surface area contributed by atoms with E-state index in [-0.39, 0.29) is 12.2 Å². The Morgan fingerprint density at radius 1 is 1.29 bits per heavy atom. The number of esters is 1. The lowest BCUT2D eigenvalue weighted by Gasteiger charge is -2.22. The van der Waals surface area contributed by atoms with Gasteiger partial charge in [0.25, 0.3) is 0 Å². The molecule has 0 bridgehead atoms. The molecule has 5 atom stereocenters. The third-order valence-corrected chi connectivity index (χ3v) is 5.06. The van der Waals surface area contributed by atoms with Crippen LogP contribution in [0.2, 0.25) is 0 Å². The Morgan fingerprint density at radius 3 is 2.71 bits per heavy atom. The third kappa shape index (κ3) is 5.79. The summed E-state index contributed by atoms with van der Waals surface area (Å²) in [6, 6.07) is -0.917. The molecular formula is C21H30N6O7. The van der Waals surface area contributed by atoms with Crippen molar-refractivity contribution in [2.45, 2.75) is 69.8 Å². The SMILES string of the molecule is COC(=O)[C@H](CC/C=C/[C@H]1O[C@@H](n2cnc3c(N)ncnc32)[C@H](O)[C@@H]1O)NC(=O)OC(C)(C)C. The van der Waals surface area contributed by atoms with Gasteiger partial charge in [-0.2, -0.15) is 0 Å². The summed E-state index contributed by atoms with van der Waals surface area (Å²) >= 11 is 0. The standard InChI is InChI=1S/C21H30N6O7/c1-21(2,3)34-20(31)26-11(19(30)32-4)7-5-6-8-12-14(28)15(29)18(33-12)27-10-25-13-16(22)23-9-24-17(13)27/h6,8-12,14-15,18,28-29H,5,7H2,1-4H3,(H,26,31)(H2,22,23,24)/b8-6+/t11-,12+,14+,15+,18+/m0/s1. The third-order valence-electron chi connectivity index (χ3n) is 5.06. The molecule has 5 N–H and O–H groups in total. The zero-order valence-corrected chi connectivity index (χ0v) is 19.4. The number of amides is 1. The Kier molecular flexibility index (Phi) is 7.69. The zero-order valence-electron chi connectivity index (χ0n) is 19.4. The molecule has 1 aliphatic heterocycles. The first kappa shape index (κ1) is 25.3. The highest BCUT2D eigenvalue weighted by Gasteiger charge is 2.43. The number of carbonyl (C=O) groups is 2. The van der Waals surface area contributed by atoms with Crippen molar-refractivity contribution in [3.05, 3.63) is 24.8 Å². The molecule has 2 aromatic heterocycles. The van der Waals surface area contributed by atoms with E-state index < -0.39 is 48.2 Å². The first-order valence-corrected chi connectivity index (χ1v) is 10.7. The van der Waals surface area contributed by atoms with Crippen LogP contribution in [0.15, 0.2) is 24.8 Å². The molecule has 0 aliphatic carbocycles. The second-order valence-corrected chi connectivity index (χ2v) is 8.78. The average molecular weight is 479 g/mol. The van der Waals surface area contributed by atoms with Crippen LogP contribution in [0.5, 0.6) is 0 Å². The monoisotopic (exact) mass is 478 g/mol. The minimum atomic E-state index is -1.25. The number of nitrogens with one attached hydrogen (secondary N) is 1. The lowest BCUT2D eigenvalue weighted by molar-refractivity contribution is -0.143. The van der Waals surface area contributed by atoms with Crippen molar-refractivity contribution in [1.82, 2.24) is 24.8 Å². The van der Waals surface area contributed by atoms with Crippen LogP contribution in [-0.4, -0.2) is 78.9 Å². The number of aliphatic hydroxyl groups is 2. The number of ether oxygens (including phenoxy) is 3. The van der Waals surface area contributed by atoms with Gasteiger partial charge >= 0.3 is 12.1 Å². The fourth-order valence-electron chi connectivity index (χ4n) is 3.46. The van der Waals surface area contributed by atoms with Gasteiger partial charge in [0.2, 0.25) is 0 Å². The minimum absolute atomic E-state index is 0.188. The molecule has 3 rings (SSSR count). The second kappa shape index (κ2) is 10.3. The minimum Gasteiger partial charge on any atom is -0.467 e. The van der Waals surface area contributed by atoms with Crippen LogP contribution in [0.25, 0.3) is 11.2 Å². The van der Waals surface area contributed by atoms with E-state index in [1.165, 1.54) is 24.3 Å². The Balaban J connectivity index is 1.61. The summed E-state index contributed by atoms with van der Waals surface area (Å²) in [6.07, 6.45) is 1.55. The fourth-order valence-corrected chi connectivity index (χ4v) is 3.46. The van der Waals surface area contributed by atoms with Gasteiger partial charge in [0, 0.05) is 0 Å². The molecule has 1 saturated heterocycles. The largest absolute Gasteiger partial charge is 0.467 e. The van der Waals surface area contributed by atoms with Crippen LogP contribution in [0.4, 0.5) is 10.6 Å². The van der Waals surface area contributed by atoms with Gasteiger partial charge < -0.3 is 35.5 Å². The maximum absolute atomic E-state index is 12.0. The number of aliphatic hydroxyl groups excluding tert-OH is 2. The molecule has 34 heavy (non-hydrogen) atoms. The first-order chi connectivity index (χ1) is 16.0. The molecule has 0 radical (unpaired) electrons. The van der Waals surface area contributed by atoms with Crippen molar-refractivity contribution in [3.8, 4) is 0 Å². The quantitative estimate of drug-likeness (QED) is 0.319. The van der Waals surface area contributed by atoms with Crippen LogP contribution in [0.1, 0.15) is 39.8 Å². The highest BCUT2D eigenvalue weighted by atomic mass is 16.6. The smallest absolute Gasteiger partial charge is 0.408 e.